The van der Waals surface area contributed by atoms with Crippen LogP contribution in [-0.4, -0.2) is 27.0 Å². The van der Waals surface area contributed by atoms with E-state index >= 15 is 0 Å². The highest BCUT2D eigenvalue weighted by molar-refractivity contribution is 7.99. The third-order valence-electron chi connectivity index (χ3n) is 4.21. The second-order valence-corrected chi connectivity index (χ2v) is 8.41. The van der Waals surface area contributed by atoms with Gasteiger partial charge in [-0.05, 0) is 36.8 Å². The average Bonchev–Trinajstić information content (AvgIpc) is 2.76. The maximum absolute atomic E-state index is 9.94. The lowest BCUT2D eigenvalue weighted by Crippen LogP contribution is -2.03. The van der Waals surface area contributed by atoms with Crippen LogP contribution in [-0.2, 0) is 0 Å². The molecule has 3 rings (SSSR count). The lowest BCUT2D eigenvalue weighted by atomic mass is 10.1. The zero-order chi connectivity index (χ0) is 22.2. The van der Waals surface area contributed by atoms with E-state index in [1.807, 2.05) is 12.1 Å². The van der Waals surface area contributed by atoms with E-state index in [2.05, 4.69) is 33.5 Å². The molecular weight excluding hydrogens is 453 g/mol. The van der Waals surface area contributed by atoms with Gasteiger partial charge in [-0.2, -0.15) is 10.4 Å². The summed E-state index contributed by atoms with van der Waals surface area (Å²) >= 11 is 13.5. The van der Waals surface area contributed by atoms with Crippen molar-refractivity contribution in [2.24, 2.45) is 5.10 Å². The van der Waals surface area contributed by atoms with E-state index in [-0.39, 0.29) is 17.1 Å². The Balaban J connectivity index is 1.98. The molecule has 2 N–H and O–H groups in total. The lowest BCUT2D eigenvalue weighted by molar-refractivity contribution is 0.474. The maximum atomic E-state index is 9.94. The van der Waals surface area contributed by atoms with Gasteiger partial charge >= 0.3 is 0 Å². The van der Waals surface area contributed by atoms with Crippen LogP contribution >= 0.6 is 35.0 Å². The normalized spacial score (nSPS) is 10.9. The summed E-state index contributed by atoms with van der Waals surface area (Å²) in [6, 6.07) is 13.9. The molecule has 0 aliphatic heterocycles. The molecule has 3 aromatic rings. The van der Waals surface area contributed by atoms with Gasteiger partial charge in [0.1, 0.15) is 17.4 Å². The Kier molecular flexibility index (Phi) is 8.13. The Bertz CT molecular complexity index is 1130. The number of nitrogens with one attached hydrogen (secondary N) is 1. The number of aromatic hydroxyl groups is 1. The van der Waals surface area contributed by atoms with Crippen molar-refractivity contribution >= 4 is 47.0 Å². The number of rotatable bonds is 8. The molecule has 2 aromatic carbocycles. The predicted molar refractivity (Wildman–Crippen MR) is 127 cm³/mol. The molecule has 0 unspecified atom stereocenters. The van der Waals surface area contributed by atoms with Crippen LogP contribution in [0.25, 0.3) is 11.3 Å². The largest absolute Gasteiger partial charge is 0.507 e. The van der Waals surface area contributed by atoms with Crippen LogP contribution in [0.2, 0.25) is 10.0 Å². The maximum Gasteiger partial charge on any atom is 0.190 e. The van der Waals surface area contributed by atoms with E-state index in [9.17, 15) is 10.4 Å². The number of phenols is 1. The van der Waals surface area contributed by atoms with Crippen LogP contribution in [0.1, 0.15) is 30.9 Å². The van der Waals surface area contributed by atoms with Gasteiger partial charge in [-0.15, -0.1) is 0 Å². The third kappa shape index (κ3) is 6.11. The van der Waals surface area contributed by atoms with Crippen LogP contribution in [0.3, 0.4) is 0 Å². The van der Waals surface area contributed by atoms with Gasteiger partial charge in [0.25, 0.3) is 0 Å². The fraction of sp³-hybridized carbons (Fsp3) is 0.182. The van der Waals surface area contributed by atoms with Crippen LogP contribution in [0.4, 0.5) is 5.82 Å². The fourth-order valence-corrected chi connectivity index (χ4v) is 3.84. The molecule has 31 heavy (non-hydrogen) atoms. The number of phenolic OH excluding ortho intramolecular Hbond substituents is 1. The number of nitrogens with zero attached hydrogens (tertiary/aromatic N) is 4. The molecule has 0 radical (unpaired) electrons. The first-order valence-electron chi connectivity index (χ1n) is 9.50. The Morgan fingerprint density at radius 1 is 1.16 bits per heavy atom. The Labute approximate surface area is 195 Å². The van der Waals surface area contributed by atoms with E-state index in [0.29, 0.717) is 26.5 Å². The number of anilines is 1. The summed E-state index contributed by atoms with van der Waals surface area (Å²) in [5, 5.41) is 25.5. The Morgan fingerprint density at radius 3 is 2.61 bits per heavy atom. The van der Waals surface area contributed by atoms with Gasteiger partial charge in [0.15, 0.2) is 11.0 Å². The molecule has 0 spiro atoms. The average molecular weight is 472 g/mol. The zero-order valence-electron chi connectivity index (χ0n) is 16.6. The first-order chi connectivity index (χ1) is 15.0. The molecule has 1 heterocycles. The summed E-state index contributed by atoms with van der Waals surface area (Å²) in [7, 11) is 0. The number of aromatic nitrogens is 2. The first kappa shape index (κ1) is 22.9. The van der Waals surface area contributed by atoms with Crippen LogP contribution in [0.15, 0.2) is 52.7 Å². The molecule has 6 nitrogen and oxygen atoms in total. The van der Waals surface area contributed by atoms with Crippen molar-refractivity contribution in [2.75, 3.05) is 11.2 Å². The van der Waals surface area contributed by atoms with Crippen LogP contribution < -0.4 is 5.43 Å². The minimum Gasteiger partial charge on any atom is -0.507 e. The lowest BCUT2D eigenvalue weighted by Gasteiger charge is -2.11. The number of hydrogen-bond donors (Lipinski definition) is 2. The highest BCUT2D eigenvalue weighted by Gasteiger charge is 2.16. The SMILES string of the molecule is CCCCSc1nc(N/N=C/c2cc(Cl)ccc2O)c(C#N)c(-c2ccc(Cl)cc2)n1. The summed E-state index contributed by atoms with van der Waals surface area (Å²) in [5.74, 6) is 1.18. The number of benzene rings is 2. The van der Waals surface area contributed by atoms with Crippen LogP contribution in [0, 0.1) is 11.3 Å². The van der Waals surface area contributed by atoms with Gasteiger partial charge in [0, 0.05) is 26.9 Å². The van der Waals surface area contributed by atoms with Gasteiger partial charge in [-0.3, -0.25) is 5.43 Å². The number of unbranched alkanes of at least 4 members (excludes halogenated alkanes) is 1. The molecule has 0 bridgehead atoms. The van der Waals surface area contributed by atoms with Gasteiger partial charge < -0.3 is 5.11 Å². The van der Waals surface area contributed by atoms with Gasteiger partial charge in [0.2, 0.25) is 0 Å². The number of hydrazone groups is 1. The predicted octanol–water partition coefficient (Wildman–Crippen LogP) is 6.37. The van der Waals surface area contributed by atoms with E-state index in [0.717, 1.165) is 24.2 Å². The van der Waals surface area contributed by atoms with Crippen molar-refractivity contribution in [1.82, 2.24) is 9.97 Å². The smallest absolute Gasteiger partial charge is 0.190 e. The second kappa shape index (κ2) is 11.0. The molecule has 9 heteroatoms. The first-order valence-corrected chi connectivity index (χ1v) is 11.2. The summed E-state index contributed by atoms with van der Waals surface area (Å²) in [6.45, 7) is 2.12. The molecule has 0 atom stereocenters. The molecule has 0 amide bonds. The number of halogens is 2. The zero-order valence-corrected chi connectivity index (χ0v) is 19.0. The molecule has 0 saturated carbocycles. The molecule has 0 aliphatic rings. The van der Waals surface area contributed by atoms with E-state index < -0.39 is 0 Å². The summed E-state index contributed by atoms with van der Waals surface area (Å²) in [4.78, 5) is 9.08. The van der Waals surface area contributed by atoms with Crippen LogP contribution in [0.5, 0.6) is 5.75 Å². The number of nitriles is 1. The summed E-state index contributed by atoms with van der Waals surface area (Å²) < 4.78 is 0. The topological polar surface area (TPSA) is 94.2 Å². The standard InChI is InChI=1S/C22H19Cl2N5OS/c1-2-3-10-31-22-27-20(14-4-6-16(23)7-5-14)18(12-25)21(28-22)29-26-13-15-11-17(24)8-9-19(15)30/h4-9,11,13,30H,2-3,10H2,1H3,(H,27,28,29)/b26-13+. The van der Waals surface area contributed by atoms with Gasteiger partial charge in [-0.1, -0.05) is 60.4 Å². The fourth-order valence-electron chi connectivity index (χ4n) is 2.61. The molecule has 0 fully saturated rings. The van der Waals surface area contributed by atoms with Crippen molar-refractivity contribution in [3.8, 4) is 23.1 Å². The molecule has 158 valence electrons. The van der Waals surface area contributed by atoms with E-state index in [4.69, 9.17) is 23.2 Å². The van der Waals surface area contributed by atoms with Crippen molar-refractivity contribution in [3.63, 3.8) is 0 Å². The molecule has 1 aromatic heterocycles. The monoisotopic (exact) mass is 471 g/mol. The van der Waals surface area contributed by atoms with Crippen molar-refractivity contribution in [3.05, 3.63) is 63.6 Å². The molecular formula is C22H19Cl2N5OS. The van der Waals surface area contributed by atoms with Gasteiger partial charge in [-0.25, -0.2) is 9.97 Å². The Morgan fingerprint density at radius 2 is 1.90 bits per heavy atom. The quantitative estimate of drug-likeness (QED) is 0.130. The molecule has 0 aliphatic carbocycles. The van der Waals surface area contributed by atoms with Crippen molar-refractivity contribution in [1.29, 1.82) is 5.26 Å². The minimum absolute atomic E-state index is 0.0378. The summed E-state index contributed by atoms with van der Waals surface area (Å²) in [5.41, 5.74) is 4.75. The van der Waals surface area contributed by atoms with E-state index in [1.54, 1.807) is 24.3 Å². The second-order valence-electron chi connectivity index (χ2n) is 6.47. The van der Waals surface area contributed by atoms with Crippen molar-refractivity contribution < 1.29 is 5.11 Å². The number of thioether (sulfide) groups is 1. The van der Waals surface area contributed by atoms with Crippen molar-refractivity contribution in [2.45, 2.75) is 24.9 Å². The van der Waals surface area contributed by atoms with Gasteiger partial charge in [0.05, 0.1) is 11.9 Å². The van der Waals surface area contributed by atoms with E-state index in [1.165, 1.54) is 24.0 Å². The Hall–Kier alpha value is -2.79. The highest BCUT2D eigenvalue weighted by Crippen LogP contribution is 2.30. The minimum atomic E-state index is 0.0378. The molecule has 0 saturated heterocycles. The third-order valence-corrected chi connectivity index (χ3v) is 5.63. The number of hydrogen-bond acceptors (Lipinski definition) is 7. The summed E-state index contributed by atoms with van der Waals surface area (Å²) in [6.07, 6.45) is 3.50. The highest BCUT2D eigenvalue weighted by atomic mass is 35.5.